The molecule has 9 nitrogen and oxygen atoms in total. The third-order valence-electron chi connectivity index (χ3n) is 5.77. The maximum Gasteiger partial charge on any atom is 0.441 e. The van der Waals surface area contributed by atoms with Crippen LogP contribution in [0.5, 0.6) is 5.75 Å². The molecule has 2 heterocycles. The Morgan fingerprint density at radius 3 is 3.03 bits per heavy atom. The molecule has 1 aliphatic carbocycles. The van der Waals surface area contributed by atoms with Gasteiger partial charge in [0.1, 0.15) is 5.75 Å². The van der Waals surface area contributed by atoms with E-state index in [0.29, 0.717) is 41.9 Å². The van der Waals surface area contributed by atoms with Crippen LogP contribution in [0.25, 0.3) is 5.69 Å². The van der Waals surface area contributed by atoms with Crippen LogP contribution in [-0.2, 0) is 24.1 Å². The summed E-state index contributed by atoms with van der Waals surface area (Å²) in [6, 6.07) is 13.2. The fourth-order valence-corrected chi connectivity index (χ4v) is 4.27. The lowest BCUT2D eigenvalue weighted by molar-refractivity contribution is -0.118. The number of hydrogen-bond donors (Lipinski definition) is 2. The molecule has 5 rings (SSSR count). The van der Waals surface area contributed by atoms with Gasteiger partial charge in [0.25, 0.3) is 5.91 Å². The van der Waals surface area contributed by atoms with Gasteiger partial charge < -0.3 is 19.8 Å². The van der Waals surface area contributed by atoms with Crippen molar-refractivity contribution in [2.45, 2.75) is 19.3 Å². The molecule has 0 bridgehead atoms. The molecule has 0 saturated carbocycles. The zero-order chi connectivity index (χ0) is 22.1. The van der Waals surface area contributed by atoms with Crippen molar-refractivity contribution in [3.05, 3.63) is 69.5 Å². The zero-order valence-corrected chi connectivity index (χ0v) is 17.3. The molecule has 0 saturated heterocycles. The van der Waals surface area contributed by atoms with Crippen LogP contribution in [0.1, 0.15) is 22.6 Å². The third kappa shape index (κ3) is 3.88. The molecule has 1 aromatic heterocycles. The van der Waals surface area contributed by atoms with Gasteiger partial charge in [0.2, 0.25) is 5.89 Å². The van der Waals surface area contributed by atoms with E-state index < -0.39 is 5.76 Å². The fourth-order valence-electron chi connectivity index (χ4n) is 4.27. The maximum atomic E-state index is 12.3. The van der Waals surface area contributed by atoms with Crippen LogP contribution < -0.4 is 21.1 Å². The van der Waals surface area contributed by atoms with E-state index in [0.717, 1.165) is 30.5 Å². The highest BCUT2D eigenvalue weighted by atomic mass is 16.5. The Labute approximate surface area is 183 Å². The van der Waals surface area contributed by atoms with E-state index in [1.165, 1.54) is 10.2 Å². The van der Waals surface area contributed by atoms with E-state index in [2.05, 4.69) is 27.9 Å². The van der Waals surface area contributed by atoms with Gasteiger partial charge in [-0.1, -0.05) is 12.1 Å². The number of ether oxygens (including phenoxy) is 1. The van der Waals surface area contributed by atoms with Crippen LogP contribution in [0, 0.1) is 17.2 Å². The Hall–Kier alpha value is -3.90. The first-order valence-electron chi connectivity index (χ1n) is 10.5. The number of aromatic nitrogens is 2. The minimum Gasteiger partial charge on any atom is -0.482 e. The summed E-state index contributed by atoms with van der Waals surface area (Å²) in [6.07, 6.45) is 2.32. The average molecular weight is 431 g/mol. The molecule has 3 aromatic rings. The molecule has 162 valence electrons. The van der Waals surface area contributed by atoms with E-state index >= 15 is 0 Å². The van der Waals surface area contributed by atoms with Gasteiger partial charge in [-0.15, -0.1) is 5.10 Å². The lowest BCUT2D eigenvalue weighted by Crippen LogP contribution is -2.25. The van der Waals surface area contributed by atoms with Crippen molar-refractivity contribution < 1.29 is 13.9 Å². The minimum atomic E-state index is -0.585. The van der Waals surface area contributed by atoms with Crippen molar-refractivity contribution >= 4 is 11.6 Å². The topological polar surface area (TPSA) is 122 Å². The summed E-state index contributed by atoms with van der Waals surface area (Å²) in [5.41, 5.74) is 4.17. The number of amides is 1. The van der Waals surface area contributed by atoms with Gasteiger partial charge in [0.05, 0.1) is 23.0 Å². The maximum absolute atomic E-state index is 12.3. The Morgan fingerprint density at radius 2 is 2.16 bits per heavy atom. The average Bonchev–Trinajstić information content (AvgIpc) is 3.38. The molecule has 0 radical (unpaired) electrons. The monoisotopic (exact) mass is 431 g/mol. The zero-order valence-electron chi connectivity index (χ0n) is 17.3. The summed E-state index contributed by atoms with van der Waals surface area (Å²) in [7, 11) is 0. The van der Waals surface area contributed by atoms with Gasteiger partial charge >= 0.3 is 5.76 Å². The lowest BCUT2D eigenvalue weighted by Gasteiger charge is -2.18. The van der Waals surface area contributed by atoms with Gasteiger partial charge in [-0.3, -0.25) is 4.79 Å². The van der Waals surface area contributed by atoms with Crippen molar-refractivity contribution in [2.75, 3.05) is 25.0 Å². The summed E-state index contributed by atoms with van der Waals surface area (Å²) in [6.45, 7) is 1.40. The van der Waals surface area contributed by atoms with E-state index in [1.54, 1.807) is 18.2 Å². The number of carbonyl (C=O) groups excluding carboxylic acids is 1. The van der Waals surface area contributed by atoms with Gasteiger partial charge in [-0.25, -0.2) is 4.79 Å². The number of nitrogens with zero attached hydrogens (tertiary/aromatic N) is 3. The molecular formula is C23H21N5O4. The number of hydrogen-bond acceptors (Lipinski definition) is 7. The molecule has 1 atom stereocenters. The van der Waals surface area contributed by atoms with Gasteiger partial charge in [-0.05, 0) is 60.7 Å². The van der Waals surface area contributed by atoms with E-state index in [-0.39, 0.29) is 12.5 Å². The van der Waals surface area contributed by atoms with E-state index in [1.807, 2.05) is 12.1 Å². The molecular weight excluding hydrogens is 410 g/mol. The van der Waals surface area contributed by atoms with Crippen molar-refractivity contribution in [1.29, 1.82) is 5.26 Å². The second kappa shape index (κ2) is 8.32. The summed E-state index contributed by atoms with van der Waals surface area (Å²) < 4.78 is 11.8. The van der Waals surface area contributed by atoms with Crippen LogP contribution in [-0.4, -0.2) is 35.4 Å². The number of nitriles is 1. The largest absolute Gasteiger partial charge is 0.482 e. The molecule has 2 aliphatic rings. The lowest BCUT2D eigenvalue weighted by atomic mass is 10.0. The first kappa shape index (κ1) is 20.0. The molecule has 32 heavy (non-hydrogen) atoms. The van der Waals surface area contributed by atoms with Crippen LogP contribution in [0.15, 0.2) is 45.6 Å². The SMILES string of the molecule is N#Cc1cccc2c1CC(CNCCc1nn(-c3ccc4c(c3)NC(=O)CO4)c(=O)o1)C2. The Bertz CT molecular complexity index is 1290. The van der Waals surface area contributed by atoms with E-state index in [4.69, 9.17) is 9.15 Å². The summed E-state index contributed by atoms with van der Waals surface area (Å²) in [5.74, 6) is 0.491. The standard InChI is InChI=1S/C23H21N5O4/c24-11-16-3-1-2-15-8-14(9-18(15)16)12-25-7-6-22-27-28(23(30)32-22)17-4-5-20-19(10-17)26-21(29)13-31-20/h1-5,10,14,25H,6-9,12-13H2,(H,26,29). The molecule has 1 aliphatic heterocycles. The third-order valence-corrected chi connectivity index (χ3v) is 5.77. The highest BCUT2D eigenvalue weighted by Crippen LogP contribution is 2.30. The highest BCUT2D eigenvalue weighted by molar-refractivity contribution is 5.95. The van der Waals surface area contributed by atoms with Crippen molar-refractivity contribution in [3.63, 3.8) is 0 Å². The van der Waals surface area contributed by atoms with Crippen LogP contribution in [0.2, 0.25) is 0 Å². The van der Waals surface area contributed by atoms with Gasteiger partial charge in [-0.2, -0.15) is 9.94 Å². The molecule has 2 N–H and O–H groups in total. The van der Waals surface area contributed by atoms with Crippen LogP contribution in [0.4, 0.5) is 5.69 Å². The Morgan fingerprint density at radius 1 is 1.25 bits per heavy atom. The number of benzene rings is 2. The first-order chi connectivity index (χ1) is 15.6. The number of rotatable bonds is 6. The molecule has 2 aromatic carbocycles. The Kier molecular flexibility index (Phi) is 5.21. The van der Waals surface area contributed by atoms with Gasteiger partial charge in [0, 0.05) is 13.0 Å². The molecule has 0 fully saturated rings. The molecule has 1 amide bonds. The normalized spacial score (nSPS) is 16.6. The number of anilines is 1. The fraction of sp³-hybridized carbons (Fsp3) is 0.304. The number of fused-ring (bicyclic) bond motifs is 2. The van der Waals surface area contributed by atoms with Crippen molar-refractivity contribution in [1.82, 2.24) is 15.1 Å². The minimum absolute atomic E-state index is 0.0279. The van der Waals surface area contributed by atoms with Gasteiger partial charge in [0.15, 0.2) is 6.61 Å². The summed E-state index contributed by atoms with van der Waals surface area (Å²) in [4.78, 5) is 23.8. The quantitative estimate of drug-likeness (QED) is 0.568. The summed E-state index contributed by atoms with van der Waals surface area (Å²) in [5, 5.41) is 19.7. The second-order valence-corrected chi connectivity index (χ2v) is 7.97. The smallest absolute Gasteiger partial charge is 0.441 e. The summed E-state index contributed by atoms with van der Waals surface area (Å²) >= 11 is 0. The molecule has 9 heteroatoms. The second-order valence-electron chi connectivity index (χ2n) is 7.97. The number of carbonyl (C=O) groups is 1. The predicted octanol–water partition coefficient (Wildman–Crippen LogP) is 1.58. The Balaban J connectivity index is 1.17. The molecule has 1 unspecified atom stereocenters. The van der Waals surface area contributed by atoms with Crippen LogP contribution >= 0.6 is 0 Å². The highest BCUT2D eigenvalue weighted by Gasteiger charge is 2.23. The van der Waals surface area contributed by atoms with Crippen LogP contribution in [0.3, 0.4) is 0 Å². The van der Waals surface area contributed by atoms with E-state index in [9.17, 15) is 14.9 Å². The van der Waals surface area contributed by atoms with Crippen molar-refractivity contribution in [3.8, 4) is 17.5 Å². The predicted molar refractivity (Wildman–Crippen MR) is 115 cm³/mol. The van der Waals surface area contributed by atoms with Crippen molar-refractivity contribution in [2.24, 2.45) is 5.92 Å². The first-order valence-corrected chi connectivity index (χ1v) is 10.5. The molecule has 0 spiro atoms. The number of nitrogens with one attached hydrogen (secondary N) is 2.